The highest BCUT2D eigenvalue weighted by atomic mass is 16.5. The normalized spacial score (nSPS) is 14.8. The number of amides is 1. The monoisotopic (exact) mass is 339 g/mol. The van der Waals surface area contributed by atoms with E-state index in [0.29, 0.717) is 43.1 Å². The number of hydrogen-bond donors (Lipinski definition) is 0. The number of benzene rings is 1. The third-order valence-corrected chi connectivity index (χ3v) is 4.26. The number of carbonyl (C=O) groups excluding carboxylic acids is 1. The van der Waals surface area contributed by atoms with E-state index in [-0.39, 0.29) is 5.91 Å². The van der Waals surface area contributed by atoms with Gasteiger partial charge in [0.1, 0.15) is 5.75 Å². The van der Waals surface area contributed by atoms with Gasteiger partial charge in [-0.25, -0.2) is 0 Å². The van der Waals surface area contributed by atoms with E-state index in [1.54, 1.807) is 13.2 Å². The van der Waals surface area contributed by atoms with Crippen molar-refractivity contribution >= 4 is 17.4 Å². The third-order valence-electron chi connectivity index (χ3n) is 4.26. The fourth-order valence-electron chi connectivity index (χ4n) is 2.89. The van der Waals surface area contributed by atoms with Crippen molar-refractivity contribution in [2.75, 3.05) is 38.2 Å². The van der Waals surface area contributed by atoms with Gasteiger partial charge in [0, 0.05) is 31.7 Å². The largest absolute Gasteiger partial charge is 0.497 e. The molecule has 1 saturated heterocycles. The molecule has 9 heteroatoms. The van der Waals surface area contributed by atoms with Crippen LogP contribution in [0.5, 0.6) is 5.75 Å². The van der Waals surface area contributed by atoms with Crippen molar-refractivity contribution in [3.63, 3.8) is 0 Å². The lowest BCUT2D eigenvalue weighted by molar-refractivity contribution is 0.0746. The molecule has 9 nitrogen and oxygen atoms in total. The Morgan fingerprint density at radius 1 is 1.12 bits per heavy atom. The number of nitrogens with zero attached hydrogens (tertiary/aromatic N) is 7. The highest BCUT2D eigenvalue weighted by molar-refractivity contribution is 5.94. The Kier molecular flexibility index (Phi) is 3.88. The van der Waals surface area contributed by atoms with Crippen molar-refractivity contribution in [1.82, 2.24) is 30.2 Å². The number of fused-ring (bicyclic) bond motifs is 1. The molecule has 0 bridgehead atoms. The average molecular weight is 339 g/mol. The van der Waals surface area contributed by atoms with E-state index in [9.17, 15) is 4.79 Å². The van der Waals surface area contributed by atoms with E-state index in [4.69, 9.17) is 4.74 Å². The Balaban J connectivity index is 1.44. The first-order valence-corrected chi connectivity index (χ1v) is 7.98. The van der Waals surface area contributed by atoms with Crippen LogP contribution in [-0.2, 0) is 0 Å². The summed E-state index contributed by atoms with van der Waals surface area (Å²) in [5.74, 6) is 1.50. The molecular formula is C16H17N7O2. The van der Waals surface area contributed by atoms with E-state index in [1.807, 2.05) is 35.2 Å². The summed E-state index contributed by atoms with van der Waals surface area (Å²) in [5, 5.41) is 15.6. The molecule has 3 aromatic rings. The summed E-state index contributed by atoms with van der Waals surface area (Å²) in [6.07, 6.45) is 0. The molecule has 1 aromatic carbocycles. The van der Waals surface area contributed by atoms with Crippen LogP contribution in [0, 0.1) is 0 Å². The Labute approximate surface area is 143 Å². The highest BCUT2D eigenvalue weighted by Gasteiger charge is 2.23. The van der Waals surface area contributed by atoms with Gasteiger partial charge in [-0.1, -0.05) is 6.07 Å². The number of methoxy groups -OCH3 is 1. The van der Waals surface area contributed by atoms with Crippen molar-refractivity contribution in [2.24, 2.45) is 0 Å². The van der Waals surface area contributed by atoms with Gasteiger partial charge in [0.25, 0.3) is 5.91 Å². The molecule has 2 aromatic heterocycles. The van der Waals surface area contributed by atoms with Gasteiger partial charge in [-0.2, -0.15) is 0 Å². The average Bonchev–Trinajstić information content (AvgIpc) is 3.15. The molecule has 0 unspecified atom stereocenters. The van der Waals surface area contributed by atoms with Gasteiger partial charge in [0.15, 0.2) is 11.5 Å². The number of piperazine rings is 1. The number of ether oxygens (including phenoxy) is 1. The lowest BCUT2D eigenvalue weighted by Crippen LogP contribution is -2.49. The van der Waals surface area contributed by atoms with Crippen molar-refractivity contribution in [3.05, 3.63) is 42.0 Å². The van der Waals surface area contributed by atoms with Crippen LogP contribution in [0.1, 0.15) is 10.4 Å². The maximum absolute atomic E-state index is 12.7. The van der Waals surface area contributed by atoms with Crippen LogP contribution in [-0.4, -0.2) is 69.4 Å². The summed E-state index contributed by atoms with van der Waals surface area (Å²) in [6.45, 7) is 2.67. The molecule has 1 fully saturated rings. The zero-order valence-corrected chi connectivity index (χ0v) is 13.7. The number of hydrogen-bond acceptors (Lipinski definition) is 7. The number of carbonyl (C=O) groups is 1. The lowest BCUT2D eigenvalue weighted by atomic mass is 10.1. The van der Waals surface area contributed by atoms with Crippen molar-refractivity contribution < 1.29 is 9.53 Å². The fraction of sp³-hybridized carbons (Fsp3) is 0.312. The Hall–Kier alpha value is -3.23. The molecule has 3 heterocycles. The minimum Gasteiger partial charge on any atom is -0.497 e. The number of tetrazole rings is 1. The van der Waals surface area contributed by atoms with Crippen molar-refractivity contribution in [3.8, 4) is 5.75 Å². The molecule has 128 valence electrons. The molecule has 0 N–H and O–H groups in total. The first-order valence-electron chi connectivity index (χ1n) is 7.98. The summed E-state index contributed by atoms with van der Waals surface area (Å²) in [5.41, 5.74) is 1.25. The van der Waals surface area contributed by atoms with Crippen LogP contribution in [0.4, 0.5) is 5.82 Å². The molecule has 0 saturated carbocycles. The zero-order chi connectivity index (χ0) is 17.2. The van der Waals surface area contributed by atoms with Crippen LogP contribution in [0.25, 0.3) is 5.65 Å². The molecule has 1 amide bonds. The molecule has 4 rings (SSSR count). The molecular weight excluding hydrogens is 322 g/mol. The van der Waals surface area contributed by atoms with Gasteiger partial charge in [0.2, 0.25) is 0 Å². The van der Waals surface area contributed by atoms with Gasteiger partial charge in [-0.3, -0.25) is 4.79 Å². The van der Waals surface area contributed by atoms with Gasteiger partial charge in [-0.15, -0.1) is 14.8 Å². The second-order valence-corrected chi connectivity index (χ2v) is 5.73. The Morgan fingerprint density at radius 3 is 2.76 bits per heavy atom. The maximum Gasteiger partial charge on any atom is 0.254 e. The SMILES string of the molecule is COc1cccc(C(=O)N2CCN(c3ccc4nnnn4n3)CC2)c1. The summed E-state index contributed by atoms with van der Waals surface area (Å²) >= 11 is 0. The van der Waals surface area contributed by atoms with Gasteiger partial charge in [0.05, 0.1) is 7.11 Å². The van der Waals surface area contributed by atoms with E-state index < -0.39 is 0 Å². The van der Waals surface area contributed by atoms with Crippen LogP contribution in [0.15, 0.2) is 36.4 Å². The topological polar surface area (TPSA) is 88.8 Å². The number of rotatable bonds is 3. The molecule has 0 atom stereocenters. The molecule has 25 heavy (non-hydrogen) atoms. The maximum atomic E-state index is 12.7. The van der Waals surface area contributed by atoms with Crippen LogP contribution >= 0.6 is 0 Å². The molecule has 0 aliphatic carbocycles. The first kappa shape index (κ1) is 15.3. The summed E-state index contributed by atoms with van der Waals surface area (Å²) < 4.78 is 6.60. The molecule has 1 aliphatic heterocycles. The van der Waals surface area contributed by atoms with Crippen molar-refractivity contribution in [2.45, 2.75) is 0 Å². The number of anilines is 1. The lowest BCUT2D eigenvalue weighted by Gasteiger charge is -2.35. The summed E-state index contributed by atoms with van der Waals surface area (Å²) in [7, 11) is 1.59. The quantitative estimate of drug-likeness (QED) is 0.686. The predicted octanol–water partition coefficient (Wildman–Crippen LogP) is 0.490. The standard InChI is InChI=1S/C16H17N7O2/c1-25-13-4-2-3-12(11-13)16(24)22-9-7-21(8-10-22)15-6-5-14-17-19-20-23(14)18-15/h2-6,11H,7-10H2,1H3. The highest BCUT2D eigenvalue weighted by Crippen LogP contribution is 2.17. The first-order chi connectivity index (χ1) is 12.2. The zero-order valence-electron chi connectivity index (χ0n) is 13.7. The van der Waals surface area contributed by atoms with E-state index in [2.05, 4.69) is 25.5 Å². The Morgan fingerprint density at radius 2 is 1.96 bits per heavy atom. The van der Waals surface area contributed by atoms with Crippen molar-refractivity contribution in [1.29, 1.82) is 0 Å². The third kappa shape index (κ3) is 2.95. The fourth-order valence-corrected chi connectivity index (χ4v) is 2.89. The minimum absolute atomic E-state index is 0.0161. The summed E-state index contributed by atoms with van der Waals surface area (Å²) in [4.78, 5) is 16.6. The van der Waals surface area contributed by atoms with E-state index >= 15 is 0 Å². The van der Waals surface area contributed by atoms with Gasteiger partial charge >= 0.3 is 0 Å². The molecule has 1 aliphatic rings. The van der Waals surface area contributed by atoms with E-state index in [1.165, 1.54) is 4.63 Å². The van der Waals surface area contributed by atoms with E-state index in [0.717, 1.165) is 5.82 Å². The molecule has 0 radical (unpaired) electrons. The summed E-state index contributed by atoms with van der Waals surface area (Å²) in [6, 6.07) is 11.0. The smallest absolute Gasteiger partial charge is 0.254 e. The predicted molar refractivity (Wildman–Crippen MR) is 89.7 cm³/mol. The van der Waals surface area contributed by atoms with Crippen LogP contribution in [0.2, 0.25) is 0 Å². The second kappa shape index (κ2) is 6.34. The molecule has 0 spiro atoms. The van der Waals surface area contributed by atoms with Gasteiger partial charge < -0.3 is 14.5 Å². The van der Waals surface area contributed by atoms with Gasteiger partial charge in [-0.05, 0) is 40.8 Å². The minimum atomic E-state index is 0.0161. The van der Waals surface area contributed by atoms with Crippen LogP contribution < -0.4 is 9.64 Å². The van der Waals surface area contributed by atoms with Crippen LogP contribution in [0.3, 0.4) is 0 Å². The second-order valence-electron chi connectivity index (χ2n) is 5.73. The number of aromatic nitrogens is 5. The Bertz CT molecular complexity index is 902.